The van der Waals surface area contributed by atoms with Crippen LogP contribution in [0.25, 0.3) is 11.0 Å². The number of imidazole rings is 1. The molecule has 2 aliphatic rings. The molecule has 2 fully saturated rings. The highest BCUT2D eigenvalue weighted by atomic mass is 15.3. The highest BCUT2D eigenvalue weighted by Crippen LogP contribution is 2.23. The third-order valence-corrected chi connectivity index (χ3v) is 5.76. The van der Waals surface area contributed by atoms with Gasteiger partial charge in [0.1, 0.15) is 5.82 Å². The van der Waals surface area contributed by atoms with Gasteiger partial charge in [-0.1, -0.05) is 50.7 Å². The molecule has 4 nitrogen and oxygen atoms in total. The first-order valence-corrected chi connectivity index (χ1v) is 10.1. The largest absolute Gasteiger partial charge is 0.353 e. The fourth-order valence-electron chi connectivity index (χ4n) is 4.39. The first-order chi connectivity index (χ1) is 12.3. The molecule has 1 aromatic heterocycles. The first kappa shape index (κ1) is 16.6. The van der Waals surface area contributed by atoms with Crippen molar-refractivity contribution in [3.05, 3.63) is 30.1 Å². The maximum absolute atomic E-state index is 5.21. The van der Waals surface area contributed by atoms with Crippen molar-refractivity contribution in [1.29, 1.82) is 0 Å². The number of rotatable bonds is 2. The Hall–Kier alpha value is -1.84. The maximum atomic E-state index is 5.21. The molecule has 0 spiro atoms. The summed E-state index contributed by atoms with van der Waals surface area (Å²) in [6.07, 6.45) is 13.0. The van der Waals surface area contributed by atoms with Crippen molar-refractivity contribution >= 4 is 17.0 Å². The lowest BCUT2D eigenvalue weighted by Gasteiger charge is -2.27. The molecule has 0 atom stereocenters. The molecule has 0 aliphatic heterocycles. The molecule has 0 amide bonds. The minimum atomic E-state index is 0.459. The number of nitrogens with one attached hydrogen (secondary N) is 1. The molecular formula is C21H30N4. The van der Waals surface area contributed by atoms with E-state index in [0.717, 1.165) is 22.8 Å². The summed E-state index contributed by atoms with van der Waals surface area (Å²) in [7, 11) is 0. The SMILES string of the molecule is Cc1nc2ccccc2n1C(=NC1CCCCC1)NC1CCCCC1. The van der Waals surface area contributed by atoms with Gasteiger partial charge in [0.05, 0.1) is 17.1 Å². The quantitative estimate of drug-likeness (QED) is 0.631. The standard InChI is InChI=1S/C21H30N4/c1-16-22-19-14-8-9-15-20(19)25(16)21(23-17-10-4-2-5-11-17)24-18-12-6-3-7-13-18/h8-9,14-15,17-18H,2-7,10-13H2,1H3,(H,23,24). The average molecular weight is 338 g/mol. The number of aromatic nitrogens is 2. The zero-order valence-electron chi connectivity index (χ0n) is 15.4. The van der Waals surface area contributed by atoms with Crippen molar-refractivity contribution in [2.24, 2.45) is 4.99 Å². The van der Waals surface area contributed by atoms with Gasteiger partial charge in [0.2, 0.25) is 5.96 Å². The minimum absolute atomic E-state index is 0.459. The van der Waals surface area contributed by atoms with Crippen molar-refractivity contribution in [3.63, 3.8) is 0 Å². The van der Waals surface area contributed by atoms with Crippen LogP contribution >= 0.6 is 0 Å². The zero-order valence-corrected chi connectivity index (χ0v) is 15.4. The van der Waals surface area contributed by atoms with Crippen molar-refractivity contribution in [1.82, 2.24) is 14.9 Å². The summed E-state index contributed by atoms with van der Waals surface area (Å²) in [5.41, 5.74) is 2.22. The van der Waals surface area contributed by atoms with Gasteiger partial charge in [-0.3, -0.25) is 4.57 Å². The van der Waals surface area contributed by atoms with Gasteiger partial charge in [0, 0.05) is 6.04 Å². The zero-order chi connectivity index (χ0) is 17.1. The summed E-state index contributed by atoms with van der Waals surface area (Å²) >= 11 is 0. The van der Waals surface area contributed by atoms with Gasteiger partial charge in [-0.05, 0) is 44.7 Å². The molecule has 1 N–H and O–H groups in total. The number of aliphatic imine (C=N–C) groups is 1. The number of fused-ring (bicyclic) bond motifs is 1. The van der Waals surface area contributed by atoms with Gasteiger partial charge in [0.15, 0.2) is 0 Å². The molecular weight excluding hydrogens is 308 g/mol. The topological polar surface area (TPSA) is 42.2 Å². The Kier molecular flexibility index (Phi) is 5.04. The van der Waals surface area contributed by atoms with Crippen LogP contribution in [0.5, 0.6) is 0 Å². The maximum Gasteiger partial charge on any atom is 0.204 e. The number of hydrogen-bond acceptors (Lipinski definition) is 2. The van der Waals surface area contributed by atoms with Crippen molar-refractivity contribution in [2.45, 2.75) is 83.2 Å². The number of aryl methyl sites for hydroxylation is 1. The lowest BCUT2D eigenvalue weighted by atomic mass is 9.95. The van der Waals surface area contributed by atoms with Gasteiger partial charge in [0.25, 0.3) is 0 Å². The van der Waals surface area contributed by atoms with Crippen LogP contribution in [0, 0.1) is 6.92 Å². The molecule has 25 heavy (non-hydrogen) atoms. The molecule has 0 saturated heterocycles. The summed E-state index contributed by atoms with van der Waals surface area (Å²) in [4.78, 5) is 9.97. The van der Waals surface area contributed by atoms with Gasteiger partial charge in [-0.2, -0.15) is 0 Å². The van der Waals surface area contributed by atoms with Crippen LogP contribution in [-0.2, 0) is 0 Å². The van der Waals surface area contributed by atoms with E-state index in [1.54, 1.807) is 0 Å². The second kappa shape index (κ2) is 7.59. The van der Waals surface area contributed by atoms with Gasteiger partial charge < -0.3 is 5.32 Å². The number of para-hydroxylation sites is 2. The summed E-state index contributed by atoms with van der Waals surface area (Å²) in [5.74, 6) is 2.06. The Morgan fingerprint density at radius 1 is 1.00 bits per heavy atom. The molecule has 1 aromatic carbocycles. The normalized spacial score (nSPS) is 20.9. The van der Waals surface area contributed by atoms with Crippen LogP contribution in [0.3, 0.4) is 0 Å². The average Bonchev–Trinajstić information content (AvgIpc) is 2.98. The van der Waals surface area contributed by atoms with E-state index in [4.69, 9.17) is 9.98 Å². The fraction of sp³-hybridized carbons (Fsp3) is 0.619. The van der Waals surface area contributed by atoms with E-state index in [-0.39, 0.29) is 0 Å². The molecule has 0 bridgehead atoms. The smallest absolute Gasteiger partial charge is 0.204 e. The molecule has 2 aliphatic carbocycles. The number of nitrogens with zero attached hydrogens (tertiary/aromatic N) is 3. The van der Waals surface area contributed by atoms with Crippen LogP contribution in [0.15, 0.2) is 29.3 Å². The van der Waals surface area contributed by atoms with Crippen LogP contribution in [0.1, 0.15) is 70.0 Å². The molecule has 2 saturated carbocycles. The monoisotopic (exact) mass is 338 g/mol. The van der Waals surface area contributed by atoms with Crippen LogP contribution in [0.4, 0.5) is 0 Å². The van der Waals surface area contributed by atoms with Gasteiger partial charge in [-0.15, -0.1) is 0 Å². The van der Waals surface area contributed by atoms with Crippen molar-refractivity contribution < 1.29 is 0 Å². The molecule has 1 heterocycles. The van der Waals surface area contributed by atoms with Crippen molar-refractivity contribution in [3.8, 4) is 0 Å². The molecule has 0 unspecified atom stereocenters. The summed E-state index contributed by atoms with van der Waals surface area (Å²) in [5, 5.41) is 3.81. The number of benzene rings is 1. The second-order valence-corrected chi connectivity index (χ2v) is 7.71. The predicted molar refractivity (Wildman–Crippen MR) is 104 cm³/mol. The summed E-state index contributed by atoms with van der Waals surface area (Å²) < 4.78 is 2.25. The van der Waals surface area contributed by atoms with Gasteiger partial charge in [-0.25, -0.2) is 9.98 Å². The Balaban J connectivity index is 1.70. The van der Waals surface area contributed by atoms with E-state index in [1.807, 2.05) is 0 Å². The fourth-order valence-corrected chi connectivity index (χ4v) is 4.39. The second-order valence-electron chi connectivity index (χ2n) is 7.71. The van der Waals surface area contributed by atoms with E-state index in [9.17, 15) is 0 Å². The first-order valence-electron chi connectivity index (χ1n) is 10.1. The Bertz CT molecular complexity index is 733. The molecule has 2 aromatic rings. The summed E-state index contributed by atoms with van der Waals surface area (Å²) in [6, 6.07) is 9.42. The predicted octanol–water partition coefficient (Wildman–Crippen LogP) is 4.80. The highest BCUT2D eigenvalue weighted by Gasteiger charge is 2.21. The van der Waals surface area contributed by atoms with Gasteiger partial charge >= 0.3 is 0 Å². The van der Waals surface area contributed by atoms with Crippen LogP contribution in [-0.4, -0.2) is 27.6 Å². The lowest BCUT2D eigenvalue weighted by Crippen LogP contribution is -2.41. The summed E-state index contributed by atoms with van der Waals surface area (Å²) in [6.45, 7) is 2.10. The van der Waals surface area contributed by atoms with E-state index in [0.29, 0.717) is 12.1 Å². The van der Waals surface area contributed by atoms with E-state index < -0.39 is 0 Å². The third-order valence-electron chi connectivity index (χ3n) is 5.76. The van der Waals surface area contributed by atoms with E-state index in [2.05, 4.69) is 41.1 Å². The molecule has 0 radical (unpaired) electrons. The Labute approximate surface area is 150 Å². The minimum Gasteiger partial charge on any atom is -0.353 e. The lowest BCUT2D eigenvalue weighted by molar-refractivity contribution is 0.405. The van der Waals surface area contributed by atoms with E-state index in [1.165, 1.54) is 64.2 Å². The third kappa shape index (κ3) is 3.73. The molecule has 4 heteroatoms. The number of hydrogen-bond donors (Lipinski definition) is 1. The highest BCUT2D eigenvalue weighted by molar-refractivity contribution is 5.93. The van der Waals surface area contributed by atoms with Crippen LogP contribution < -0.4 is 5.32 Å². The molecule has 134 valence electrons. The Morgan fingerprint density at radius 3 is 2.44 bits per heavy atom. The Morgan fingerprint density at radius 2 is 1.68 bits per heavy atom. The van der Waals surface area contributed by atoms with Crippen LogP contribution in [0.2, 0.25) is 0 Å². The van der Waals surface area contributed by atoms with E-state index >= 15 is 0 Å². The molecule has 4 rings (SSSR count). The van der Waals surface area contributed by atoms with Crippen molar-refractivity contribution in [2.75, 3.05) is 0 Å².